The second kappa shape index (κ2) is 5.42. The smallest absolute Gasteiger partial charge is 0.269 e. The fourth-order valence-corrected chi connectivity index (χ4v) is 3.01. The lowest BCUT2D eigenvalue weighted by atomic mass is 9.83. The van der Waals surface area contributed by atoms with Crippen LogP contribution >= 0.6 is 0 Å². The fourth-order valence-electron chi connectivity index (χ4n) is 3.01. The molecular weight excluding hydrogens is 326 g/mol. The van der Waals surface area contributed by atoms with Crippen LogP contribution in [0.25, 0.3) is 0 Å². The van der Waals surface area contributed by atoms with Gasteiger partial charge >= 0.3 is 0 Å². The first kappa shape index (κ1) is 14.8. The van der Waals surface area contributed by atoms with Crippen LogP contribution in [0.5, 0.6) is 17.2 Å². The van der Waals surface area contributed by atoms with Crippen molar-refractivity contribution >= 4 is 5.69 Å². The lowest BCUT2D eigenvalue weighted by molar-refractivity contribution is -0.384. The Kier molecular flexibility index (Phi) is 3.22. The molecule has 4 rings (SSSR count). The average molecular weight is 337 g/mol. The minimum Gasteiger partial charge on any atom is -0.454 e. The minimum absolute atomic E-state index is 0.0367. The first-order valence-corrected chi connectivity index (χ1v) is 7.34. The lowest BCUT2D eigenvalue weighted by Gasteiger charge is -2.26. The summed E-state index contributed by atoms with van der Waals surface area (Å²) in [4.78, 5) is 10.6. The molecule has 0 fully saturated rings. The second-order valence-electron chi connectivity index (χ2n) is 5.52. The van der Waals surface area contributed by atoms with Crippen LogP contribution in [-0.4, -0.2) is 11.7 Å². The maximum Gasteiger partial charge on any atom is 0.269 e. The largest absolute Gasteiger partial charge is 0.454 e. The fraction of sp³-hybridized carbons (Fsp3) is 0.118. The normalized spacial score (nSPS) is 17.5. The molecule has 1 atom stereocenters. The minimum atomic E-state index is -0.594. The van der Waals surface area contributed by atoms with Crippen LogP contribution in [0.1, 0.15) is 17.0 Å². The van der Waals surface area contributed by atoms with E-state index >= 15 is 0 Å². The third kappa shape index (κ3) is 2.30. The molecule has 0 unspecified atom stereocenters. The standard InChI is InChI=1S/C17H11N3O5/c18-7-12-16(9-2-1-3-10(4-9)20(21)22)11-5-14-15(24-8-23-14)6-13(11)25-17(12)19/h1-6,16H,8,19H2/t16-/m0/s1. The van der Waals surface area contributed by atoms with E-state index in [1.54, 1.807) is 24.3 Å². The highest BCUT2D eigenvalue weighted by atomic mass is 16.7. The molecule has 0 saturated heterocycles. The van der Waals surface area contributed by atoms with E-state index in [1.807, 2.05) is 6.07 Å². The number of nitrogens with zero attached hydrogens (tertiary/aromatic N) is 2. The van der Waals surface area contributed by atoms with Crippen LogP contribution in [0.4, 0.5) is 5.69 Å². The highest BCUT2D eigenvalue weighted by Crippen LogP contribution is 2.48. The summed E-state index contributed by atoms with van der Waals surface area (Å²) in [5, 5.41) is 20.6. The van der Waals surface area contributed by atoms with E-state index in [1.165, 1.54) is 12.1 Å². The molecule has 0 bridgehead atoms. The number of hydrogen-bond donors (Lipinski definition) is 1. The average Bonchev–Trinajstić information content (AvgIpc) is 3.06. The van der Waals surface area contributed by atoms with E-state index in [4.69, 9.17) is 19.9 Å². The molecule has 2 aliphatic rings. The van der Waals surface area contributed by atoms with Crippen molar-refractivity contribution in [3.63, 3.8) is 0 Å². The van der Waals surface area contributed by atoms with Crippen LogP contribution in [0, 0.1) is 21.4 Å². The molecule has 0 aromatic heterocycles. The number of nitrogens with two attached hydrogens (primary N) is 1. The van der Waals surface area contributed by atoms with E-state index in [0.717, 1.165) is 0 Å². The Labute approximate surface area is 141 Å². The van der Waals surface area contributed by atoms with Gasteiger partial charge in [-0.25, -0.2) is 0 Å². The van der Waals surface area contributed by atoms with Gasteiger partial charge in [0.05, 0.1) is 10.8 Å². The molecular formula is C17H11N3O5. The van der Waals surface area contributed by atoms with Gasteiger partial charge in [0, 0.05) is 23.8 Å². The predicted molar refractivity (Wildman–Crippen MR) is 85.0 cm³/mol. The number of hydrogen-bond acceptors (Lipinski definition) is 7. The molecule has 0 saturated carbocycles. The summed E-state index contributed by atoms with van der Waals surface area (Å²) in [6.45, 7) is 0.0910. The molecule has 2 heterocycles. The topological polar surface area (TPSA) is 121 Å². The summed E-state index contributed by atoms with van der Waals surface area (Å²) in [6, 6.07) is 11.5. The highest BCUT2D eigenvalue weighted by molar-refractivity contribution is 5.62. The van der Waals surface area contributed by atoms with E-state index < -0.39 is 10.8 Å². The van der Waals surface area contributed by atoms with Crippen molar-refractivity contribution in [2.75, 3.05) is 6.79 Å². The van der Waals surface area contributed by atoms with Crippen molar-refractivity contribution in [1.29, 1.82) is 5.26 Å². The zero-order valence-corrected chi connectivity index (χ0v) is 12.8. The van der Waals surface area contributed by atoms with Crippen molar-refractivity contribution in [2.45, 2.75) is 5.92 Å². The molecule has 0 spiro atoms. The van der Waals surface area contributed by atoms with Crippen LogP contribution in [0.2, 0.25) is 0 Å². The number of nitriles is 1. The van der Waals surface area contributed by atoms with E-state index in [2.05, 4.69) is 0 Å². The Morgan fingerprint density at radius 1 is 1.20 bits per heavy atom. The van der Waals surface area contributed by atoms with Crippen LogP contribution in [0.15, 0.2) is 47.9 Å². The van der Waals surface area contributed by atoms with Gasteiger partial charge in [-0.15, -0.1) is 0 Å². The Balaban J connectivity index is 1.93. The van der Waals surface area contributed by atoms with Gasteiger partial charge in [0.25, 0.3) is 5.69 Å². The summed E-state index contributed by atoms with van der Waals surface area (Å²) < 4.78 is 16.3. The SMILES string of the molecule is N#CC1=C(N)Oc2cc3c(cc2[C@@H]1c1cccc([N+](=O)[O-])c1)OCO3. The van der Waals surface area contributed by atoms with E-state index in [-0.39, 0.29) is 23.9 Å². The monoisotopic (exact) mass is 337 g/mol. The van der Waals surface area contributed by atoms with Crippen molar-refractivity contribution in [1.82, 2.24) is 0 Å². The summed E-state index contributed by atoms with van der Waals surface area (Å²) in [5.41, 5.74) is 7.23. The number of nitro groups is 1. The van der Waals surface area contributed by atoms with Gasteiger partial charge in [-0.3, -0.25) is 10.1 Å². The molecule has 25 heavy (non-hydrogen) atoms. The molecule has 0 radical (unpaired) electrons. The predicted octanol–water partition coefficient (Wildman–Crippen LogP) is 2.54. The Hall–Kier alpha value is -3.73. The maximum atomic E-state index is 11.1. The van der Waals surface area contributed by atoms with Gasteiger partial charge < -0.3 is 19.9 Å². The first-order valence-electron chi connectivity index (χ1n) is 7.34. The lowest BCUT2D eigenvalue weighted by Crippen LogP contribution is -2.21. The highest BCUT2D eigenvalue weighted by Gasteiger charge is 2.33. The quantitative estimate of drug-likeness (QED) is 0.660. The third-order valence-electron chi connectivity index (χ3n) is 4.12. The summed E-state index contributed by atoms with van der Waals surface area (Å²) in [6.07, 6.45) is 0. The number of benzene rings is 2. The first-order chi connectivity index (χ1) is 12.1. The van der Waals surface area contributed by atoms with Crippen molar-refractivity contribution in [3.05, 3.63) is 69.1 Å². The molecule has 0 amide bonds. The summed E-state index contributed by atoms with van der Waals surface area (Å²) in [5.74, 6) is 0.839. The number of nitro benzene ring substituents is 1. The van der Waals surface area contributed by atoms with Gasteiger partial charge in [0.1, 0.15) is 17.4 Å². The molecule has 2 aromatic rings. The van der Waals surface area contributed by atoms with Crippen molar-refractivity contribution in [3.8, 4) is 23.3 Å². The van der Waals surface area contributed by atoms with Crippen LogP contribution < -0.4 is 19.9 Å². The number of ether oxygens (including phenoxy) is 3. The molecule has 8 heteroatoms. The number of fused-ring (bicyclic) bond motifs is 2. The van der Waals surface area contributed by atoms with Crippen molar-refractivity contribution in [2.24, 2.45) is 5.73 Å². The maximum absolute atomic E-state index is 11.1. The zero-order chi connectivity index (χ0) is 17.6. The number of allylic oxidation sites excluding steroid dienone is 1. The summed E-state index contributed by atoms with van der Waals surface area (Å²) in [7, 11) is 0. The van der Waals surface area contributed by atoms with Gasteiger partial charge in [-0.1, -0.05) is 12.1 Å². The number of non-ortho nitro benzene ring substituents is 1. The molecule has 2 aliphatic heterocycles. The van der Waals surface area contributed by atoms with E-state index in [9.17, 15) is 15.4 Å². The van der Waals surface area contributed by atoms with Gasteiger partial charge in [0.15, 0.2) is 11.5 Å². The van der Waals surface area contributed by atoms with Crippen LogP contribution in [0.3, 0.4) is 0 Å². The van der Waals surface area contributed by atoms with E-state index in [0.29, 0.717) is 28.4 Å². The van der Waals surface area contributed by atoms with Gasteiger partial charge in [-0.05, 0) is 11.6 Å². The Morgan fingerprint density at radius 3 is 2.68 bits per heavy atom. The molecule has 124 valence electrons. The Morgan fingerprint density at radius 2 is 1.96 bits per heavy atom. The molecule has 8 nitrogen and oxygen atoms in total. The molecule has 2 aromatic carbocycles. The Bertz CT molecular complexity index is 977. The van der Waals surface area contributed by atoms with Gasteiger partial charge in [0.2, 0.25) is 12.7 Å². The van der Waals surface area contributed by atoms with Gasteiger partial charge in [-0.2, -0.15) is 5.26 Å². The summed E-state index contributed by atoms with van der Waals surface area (Å²) >= 11 is 0. The van der Waals surface area contributed by atoms with Crippen molar-refractivity contribution < 1.29 is 19.1 Å². The third-order valence-corrected chi connectivity index (χ3v) is 4.12. The second-order valence-corrected chi connectivity index (χ2v) is 5.52. The number of rotatable bonds is 2. The zero-order valence-electron chi connectivity index (χ0n) is 12.8. The van der Waals surface area contributed by atoms with Crippen LogP contribution in [-0.2, 0) is 0 Å². The molecule has 2 N–H and O–H groups in total. The molecule has 0 aliphatic carbocycles.